The van der Waals surface area contributed by atoms with Gasteiger partial charge in [0.25, 0.3) is 0 Å². The van der Waals surface area contributed by atoms with E-state index in [9.17, 15) is 0 Å². The Bertz CT molecular complexity index is 1190. The van der Waals surface area contributed by atoms with Gasteiger partial charge < -0.3 is 15.0 Å². The van der Waals surface area contributed by atoms with Gasteiger partial charge >= 0.3 is 0 Å². The average Bonchev–Trinajstić information content (AvgIpc) is 3.17. The van der Waals surface area contributed by atoms with Gasteiger partial charge in [-0.1, -0.05) is 44.2 Å². The monoisotopic (exact) mass is 426 g/mol. The number of hydrogen-bond acceptors (Lipinski definition) is 5. The van der Waals surface area contributed by atoms with Crippen LogP contribution < -0.4 is 10.6 Å². The normalized spacial score (nSPS) is 15.0. The Labute approximate surface area is 189 Å². The van der Waals surface area contributed by atoms with Crippen molar-refractivity contribution < 1.29 is 0 Å². The summed E-state index contributed by atoms with van der Waals surface area (Å²) in [5, 5.41) is 0. The molecule has 0 aliphatic carbocycles. The van der Waals surface area contributed by atoms with E-state index in [1.807, 2.05) is 36.7 Å². The van der Waals surface area contributed by atoms with Crippen LogP contribution in [0.4, 0.5) is 11.5 Å². The Morgan fingerprint density at radius 3 is 2.41 bits per heavy atom. The summed E-state index contributed by atoms with van der Waals surface area (Å²) in [5.74, 6) is 1.57. The smallest absolute Gasteiger partial charge is 0.137 e. The lowest BCUT2D eigenvalue weighted by molar-refractivity contribution is 0.246. The summed E-state index contributed by atoms with van der Waals surface area (Å²) in [6.45, 7) is 9.18. The molecule has 0 amide bonds. The SMILES string of the molecule is CC(C)c1ccc(-c2nc3ccc(N)cn3c2CN2CCN(c3ccccn3)CC2)cc1. The minimum absolute atomic E-state index is 0.514. The third-order valence-corrected chi connectivity index (χ3v) is 6.31. The van der Waals surface area contributed by atoms with Crippen molar-refractivity contribution in [2.75, 3.05) is 36.8 Å². The number of benzene rings is 1. The van der Waals surface area contributed by atoms with Crippen molar-refractivity contribution in [3.05, 3.63) is 78.2 Å². The number of piperazine rings is 1. The highest BCUT2D eigenvalue weighted by Crippen LogP contribution is 2.28. The molecule has 0 unspecified atom stereocenters. The molecule has 1 saturated heterocycles. The van der Waals surface area contributed by atoms with Gasteiger partial charge in [-0.25, -0.2) is 9.97 Å². The third kappa shape index (κ3) is 4.06. The highest BCUT2D eigenvalue weighted by Gasteiger charge is 2.22. The molecule has 1 aliphatic rings. The number of rotatable bonds is 5. The molecule has 0 spiro atoms. The molecular weight excluding hydrogens is 396 g/mol. The van der Waals surface area contributed by atoms with Gasteiger partial charge in [0.15, 0.2) is 0 Å². The molecular formula is C26H30N6. The molecule has 0 radical (unpaired) electrons. The van der Waals surface area contributed by atoms with Crippen LogP contribution >= 0.6 is 0 Å². The molecule has 4 aromatic rings. The van der Waals surface area contributed by atoms with E-state index in [1.165, 1.54) is 11.3 Å². The molecule has 0 saturated carbocycles. The fourth-order valence-corrected chi connectivity index (χ4v) is 4.41. The number of imidazole rings is 1. The van der Waals surface area contributed by atoms with E-state index in [2.05, 4.69) is 63.4 Å². The Morgan fingerprint density at radius 1 is 0.938 bits per heavy atom. The van der Waals surface area contributed by atoms with Crippen LogP contribution in [-0.4, -0.2) is 45.4 Å². The Balaban J connectivity index is 1.42. The van der Waals surface area contributed by atoms with Crippen LogP contribution in [0.2, 0.25) is 0 Å². The quantitative estimate of drug-likeness (QED) is 0.512. The van der Waals surface area contributed by atoms with Crippen LogP contribution in [0.15, 0.2) is 67.0 Å². The van der Waals surface area contributed by atoms with Gasteiger partial charge in [-0.2, -0.15) is 0 Å². The summed E-state index contributed by atoms with van der Waals surface area (Å²) < 4.78 is 2.16. The van der Waals surface area contributed by atoms with Crippen LogP contribution in [0.3, 0.4) is 0 Å². The summed E-state index contributed by atoms with van der Waals surface area (Å²) in [6, 6.07) is 18.8. The molecule has 6 nitrogen and oxygen atoms in total. The van der Waals surface area contributed by atoms with Crippen molar-refractivity contribution in [2.45, 2.75) is 26.3 Å². The van der Waals surface area contributed by atoms with E-state index in [0.717, 1.165) is 61.1 Å². The van der Waals surface area contributed by atoms with Crippen molar-refractivity contribution >= 4 is 17.2 Å². The fourth-order valence-electron chi connectivity index (χ4n) is 4.41. The predicted octanol–water partition coefficient (Wildman–Crippen LogP) is 4.42. The molecule has 32 heavy (non-hydrogen) atoms. The van der Waals surface area contributed by atoms with Crippen molar-refractivity contribution in [2.24, 2.45) is 0 Å². The van der Waals surface area contributed by atoms with E-state index >= 15 is 0 Å². The maximum absolute atomic E-state index is 6.13. The molecule has 1 aliphatic heterocycles. The molecule has 6 heteroatoms. The number of nitrogens with two attached hydrogens (primary N) is 1. The summed E-state index contributed by atoms with van der Waals surface area (Å²) in [5.41, 5.74) is 12.5. The first-order valence-electron chi connectivity index (χ1n) is 11.3. The molecule has 2 N–H and O–H groups in total. The summed E-state index contributed by atoms with van der Waals surface area (Å²) in [4.78, 5) is 14.3. The Kier molecular flexibility index (Phi) is 5.53. The highest BCUT2D eigenvalue weighted by atomic mass is 15.3. The van der Waals surface area contributed by atoms with E-state index in [0.29, 0.717) is 5.92 Å². The standard InChI is InChI=1S/C26H30N6/c1-19(2)20-6-8-21(9-7-20)26-23(32-17-22(27)10-11-25(32)29-26)18-30-13-15-31(16-14-30)24-5-3-4-12-28-24/h3-12,17,19H,13-16,18,27H2,1-2H3. The number of fused-ring (bicyclic) bond motifs is 1. The molecule has 4 heterocycles. The lowest BCUT2D eigenvalue weighted by Crippen LogP contribution is -2.46. The maximum atomic E-state index is 6.13. The zero-order chi connectivity index (χ0) is 22.1. The first-order valence-corrected chi connectivity index (χ1v) is 11.3. The Morgan fingerprint density at radius 2 is 1.72 bits per heavy atom. The van der Waals surface area contributed by atoms with Crippen LogP contribution in [0.5, 0.6) is 0 Å². The van der Waals surface area contributed by atoms with Crippen molar-refractivity contribution in [3.63, 3.8) is 0 Å². The second-order valence-corrected chi connectivity index (χ2v) is 8.83. The number of pyridine rings is 2. The van der Waals surface area contributed by atoms with Gasteiger partial charge in [0.2, 0.25) is 0 Å². The second-order valence-electron chi connectivity index (χ2n) is 8.83. The number of anilines is 2. The van der Waals surface area contributed by atoms with Crippen LogP contribution in [-0.2, 0) is 6.54 Å². The predicted molar refractivity (Wildman–Crippen MR) is 131 cm³/mol. The summed E-state index contributed by atoms with van der Waals surface area (Å²) >= 11 is 0. The minimum atomic E-state index is 0.514. The van der Waals surface area contributed by atoms with Gasteiger partial charge in [-0.15, -0.1) is 0 Å². The largest absolute Gasteiger partial charge is 0.398 e. The van der Waals surface area contributed by atoms with Crippen LogP contribution in [0, 0.1) is 0 Å². The van der Waals surface area contributed by atoms with Crippen molar-refractivity contribution in [1.82, 2.24) is 19.3 Å². The molecule has 1 fully saturated rings. The number of nitrogens with zero attached hydrogens (tertiary/aromatic N) is 5. The zero-order valence-electron chi connectivity index (χ0n) is 18.8. The maximum Gasteiger partial charge on any atom is 0.137 e. The zero-order valence-corrected chi connectivity index (χ0v) is 18.8. The molecule has 5 rings (SSSR count). The lowest BCUT2D eigenvalue weighted by atomic mass is 10.0. The van der Waals surface area contributed by atoms with Crippen molar-refractivity contribution in [1.29, 1.82) is 0 Å². The van der Waals surface area contributed by atoms with Gasteiger partial charge in [-0.05, 0) is 35.7 Å². The molecule has 0 atom stereocenters. The Hall–Kier alpha value is -3.38. The van der Waals surface area contributed by atoms with Crippen LogP contribution in [0.1, 0.15) is 31.0 Å². The highest BCUT2D eigenvalue weighted by molar-refractivity contribution is 5.68. The van der Waals surface area contributed by atoms with Crippen molar-refractivity contribution in [3.8, 4) is 11.3 Å². The number of hydrogen-bond donors (Lipinski definition) is 1. The number of nitrogen functional groups attached to an aromatic ring is 1. The minimum Gasteiger partial charge on any atom is -0.398 e. The fraction of sp³-hybridized carbons (Fsp3) is 0.308. The van der Waals surface area contributed by atoms with Gasteiger partial charge in [-0.3, -0.25) is 4.90 Å². The third-order valence-electron chi connectivity index (χ3n) is 6.31. The lowest BCUT2D eigenvalue weighted by Gasteiger charge is -2.35. The molecule has 0 bridgehead atoms. The van der Waals surface area contributed by atoms with E-state index in [1.54, 1.807) is 0 Å². The van der Waals surface area contributed by atoms with Gasteiger partial charge in [0.05, 0.1) is 11.4 Å². The van der Waals surface area contributed by atoms with Gasteiger partial charge in [0, 0.05) is 56.4 Å². The average molecular weight is 427 g/mol. The molecule has 3 aromatic heterocycles. The summed E-state index contributed by atoms with van der Waals surface area (Å²) in [7, 11) is 0. The topological polar surface area (TPSA) is 62.7 Å². The van der Waals surface area contributed by atoms with E-state index in [-0.39, 0.29) is 0 Å². The first-order chi connectivity index (χ1) is 15.6. The second kappa shape index (κ2) is 8.63. The van der Waals surface area contributed by atoms with E-state index < -0.39 is 0 Å². The molecule has 164 valence electrons. The number of aromatic nitrogens is 3. The van der Waals surface area contributed by atoms with Crippen LogP contribution in [0.25, 0.3) is 16.9 Å². The first kappa shape index (κ1) is 20.5. The van der Waals surface area contributed by atoms with E-state index in [4.69, 9.17) is 10.7 Å². The molecule has 1 aromatic carbocycles. The summed E-state index contributed by atoms with van der Waals surface area (Å²) in [6.07, 6.45) is 3.86. The van der Waals surface area contributed by atoms with Gasteiger partial charge in [0.1, 0.15) is 11.5 Å².